The maximum absolute atomic E-state index is 15.0. The molecule has 0 saturated carbocycles. The van der Waals surface area contributed by atoms with E-state index in [-0.39, 0.29) is 35.9 Å². The standard InChI is InChI=1S/C25H22F3N5O2/c1-14-4-2-11-33(19(14)13-31-25-32-18-12-15(26)5-8-20(18)35-25)24(34)21-16(6-7-17(27)22(21)28)23-29-9-3-10-30-23/h3,5-10,12,14,19H,2,4,11,13H2,1H3,(H,31,32). The third-order valence-electron chi connectivity index (χ3n) is 6.30. The first-order valence-corrected chi connectivity index (χ1v) is 11.3. The molecule has 4 aromatic rings. The van der Waals surface area contributed by atoms with Crippen molar-refractivity contribution >= 4 is 23.0 Å². The number of piperidine rings is 1. The molecule has 1 N–H and O–H groups in total. The van der Waals surface area contributed by atoms with Gasteiger partial charge in [0.25, 0.3) is 11.9 Å². The average Bonchev–Trinajstić information content (AvgIpc) is 3.26. The van der Waals surface area contributed by atoms with Gasteiger partial charge in [-0.1, -0.05) is 6.92 Å². The molecule has 1 fully saturated rings. The molecule has 1 aliphatic heterocycles. The van der Waals surface area contributed by atoms with Crippen molar-refractivity contribution in [3.8, 4) is 11.4 Å². The molecule has 1 aliphatic rings. The number of anilines is 1. The molecule has 1 amide bonds. The lowest BCUT2D eigenvalue weighted by molar-refractivity contribution is 0.0534. The van der Waals surface area contributed by atoms with Crippen molar-refractivity contribution in [2.45, 2.75) is 25.8 Å². The Morgan fingerprint density at radius 1 is 1.17 bits per heavy atom. The quantitative estimate of drug-likeness (QED) is 0.429. The van der Waals surface area contributed by atoms with Crippen molar-refractivity contribution in [1.82, 2.24) is 19.9 Å². The van der Waals surface area contributed by atoms with Crippen LogP contribution in [0.25, 0.3) is 22.5 Å². The maximum Gasteiger partial charge on any atom is 0.295 e. The zero-order valence-electron chi connectivity index (χ0n) is 18.8. The van der Waals surface area contributed by atoms with Crippen molar-refractivity contribution in [3.63, 3.8) is 0 Å². The molecule has 0 bridgehead atoms. The first kappa shape index (κ1) is 22.8. The molecule has 0 spiro atoms. The first-order chi connectivity index (χ1) is 16.9. The summed E-state index contributed by atoms with van der Waals surface area (Å²) in [6.07, 6.45) is 4.52. The maximum atomic E-state index is 15.0. The zero-order chi connectivity index (χ0) is 24.5. The van der Waals surface area contributed by atoms with Crippen LogP contribution in [0.2, 0.25) is 0 Å². The lowest BCUT2D eigenvalue weighted by atomic mass is 9.89. The molecule has 2 aromatic heterocycles. The number of oxazole rings is 1. The average molecular weight is 481 g/mol. The minimum atomic E-state index is -1.23. The summed E-state index contributed by atoms with van der Waals surface area (Å²) in [6, 6.07) is 7.75. The van der Waals surface area contributed by atoms with Gasteiger partial charge in [0.15, 0.2) is 23.0 Å². The van der Waals surface area contributed by atoms with Crippen LogP contribution in [0.4, 0.5) is 19.2 Å². The Morgan fingerprint density at radius 2 is 1.97 bits per heavy atom. The van der Waals surface area contributed by atoms with Gasteiger partial charge in [-0.2, -0.15) is 4.98 Å². The van der Waals surface area contributed by atoms with E-state index in [1.165, 1.54) is 36.7 Å². The summed E-state index contributed by atoms with van der Waals surface area (Å²) in [4.78, 5) is 27.7. The number of halogens is 3. The highest BCUT2D eigenvalue weighted by molar-refractivity contribution is 6.00. The number of aromatic nitrogens is 3. The van der Waals surface area contributed by atoms with Crippen LogP contribution in [-0.2, 0) is 0 Å². The predicted octanol–water partition coefficient (Wildman–Crippen LogP) is 5.05. The summed E-state index contributed by atoms with van der Waals surface area (Å²) in [5.74, 6) is -3.21. The van der Waals surface area contributed by atoms with Crippen LogP contribution in [0, 0.1) is 23.4 Å². The normalized spacial score (nSPS) is 18.1. The van der Waals surface area contributed by atoms with Crippen LogP contribution < -0.4 is 5.32 Å². The summed E-state index contributed by atoms with van der Waals surface area (Å²) < 4.78 is 48.4. The van der Waals surface area contributed by atoms with E-state index in [2.05, 4.69) is 20.3 Å². The second-order valence-electron chi connectivity index (χ2n) is 8.55. The van der Waals surface area contributed by atoms with Crippen molar-refractivity contribution in [3.05, 3.63) is 71.8 Å². The molecule has 3 heterocycles. The minimum Gasteiger partial charge on any atom is -0.424 e. The molecule has 180 valence electrons. The van der Waals surface area contributed by atoms with E-state index < -0.39 is 28.9 Å². The third-order valence-corrected chi connectivity index (χ3v) is 6.30. The third kappa shape index (κ3) is 4.43. The van der Waals surface area contributed by atoms with E-state index in [1.807, 2.05) is 6.92 Å². The molecule has 2 atom stereocenters. The topological polar surface area (TPSA) is 84.2 Å². The number of carbonyl (C=O) groups excluding carboxylic acids is 1. The lowest BCUT2D eigenvalue weighted by Gasteiger charge is -2.40. The number of hydrogen-bond acceptors (Lipinski definition) is 6. The van der Waals surface area contributed by atoms with Crippen LogP contribution in [0.3, 0.4) is 0 Å². The molecule has 0 aliphatic carbocycles. The van der Waals surface area contributed by atoms with Gasteiger partial charge in [-0.05, 0) is 49.1 Å². The second kappa shape index (κ2) is 9.36. The van der Waals surface area contributed by atoms with Gasteiger partial charge in [0.2, 0.25) is 0 Å². The number of fused-ring (bicyclic) bond motifs is 1. The molecular weight excluding hydrogens is 459 g/mol. The van der Waals surface area contributed by atoms with Gasteiger partial charge < -0.3 is 14.6 Å². The Morgan fingerprint density at radius 3 is 2.77 bits per heavy atom. The van der Waals surface area contributed by atoms with E-state index in [1.54, 1.807) is 11.0 Å². The number of carbonyl (C=O) groups is 1. The second-order valence-corrected chi connectivity index (χ2v) is 8.55. The summed E-state index contributed by atoms with van der Waals surface area (Å²) in [5, 5.41) is 3.08. The molecule has 5 rings (SSSR count). The van der Waals surface area contributed by atoms with Crippen molar-refractivity contribution < 1.29 is 22.4 Å². The smallest absolute Gasteiger partial charge is 0.295 e. The summed E-state index contributed by atoms with van der Waals surface area (Å²) >= 11 is 0. The predicted molar refractivity (Wildman–Crippen MR) is 123 cm³/mol. The molecular formula is C25H22F3N5O2. The number of likely N-dealkylation sites (tertiary alicyclic amines) is 1. The Hall–Kier alpha value is -3.95. The largest absolute Gasteiger partial charge is 0.424 e. The molecule has 2 unspecified atom stereocenters. The number of nitrogens with one attached hydrogen (secondary N) is 1. The van der Waals surface area contributed by atoms with E-state index in [9.17, 15) is 13.6 Å². The van der Waals surface area contributed by atoms with Gasteiger partial charge in [-0.3, -0.25) is 4.79 Å². The van der Waals surface area contributed by atoms with Crippen LogP contribution in [-0.4, -0.2) is 44.9 Å². The minimum absolute atomic E-state index is 0.0649. The lowest BCUT2D eigenvalue weighted by Crippen LogP contribution is -2.51. The van der Waals surface area contributed by atoms with Crippen molar-refractivity contribution in [2.75, 3.05) is 18.4 Å². The van der Waals surface area contributed by atoms with Gasteiger partial charge in [0.1, 0.15) is 11.3 Å². The molecule has 7 nitrogen and oxygen atoms in total. The van der Waals surface area contributed by atoms with Gasteiger partial charge in [-0.15, -0.1) is 0 Å². The fourth-order valence-electron chi connectivity index (χ4n) is 4.51. The van der Waals surface area contributed by atoms with Crippen LogP contribution in [0.15, 0.2) is 53.2 Å². The first-order valence-electron chi connectivity index (χ1n) is 11.3. The zero-order valence-corrected chi connectivity index (χ0v) is 18.8. The van der Waals surface area contributed by atoms with Gasteiger partial charge in [-0.25, -0.2) is 23.1 Å². The highest BCUT2D eigenvalue weighted by Gasteiger charge is 2.35. The van der Waals surface area contributed by atoms with E-state index in [4.69, 9.17) is 4.42 Å². The monoisotopic (exact) mass is 481 g/mol. The number of hydrogen-bond donors (Lipinski definition) is 1. The molecule has 35 heavy (non-hydrogen) atoms. The number of rotatable bonds is 5. The van der Waals surface area contributed by atoms with E-state index in [0.29, 0.717) is 17.6 Å². The molecule has 10 heteroatoms. The molecule has 2 aromatic carbocycles. The van der Waals surface area contributed by atoms with Gasteiger partial charge >= 0.3 is 0 Å². The van der Waals surface area contributed by atoms with Crippen molar-refractivity contribution in [2.24, 2.45) is 5.92 Å². The summed E-state index contributed by atoms with van der Waals surface area (Å²) in [5.41, 5.74) is 0.521. The number of nitrogens with zero attached hydrogens (tertiary/aromatic N) is 4. The van der Waals surface area contributed by atoms with E-state index >= 15 is 4.39 Å². The summed E-state index contributed by atoms with van der Waals surface area (Å²) in [6.45, 7) is 2.63. The summed E-state index contributed by atoms with van der Waals surface area (Å²) in [7, 11) is 0. The number of benzene rings is 2. The SMILES string of the molecule is CC1CCCN(C(=O)c2c(-c3ncccn3)ccc(F)c2F)C1CNc1nc2cc(F)ccc2o1. The van der Waals surface area contributed by atoms with E-state index in [0.717, 1.165) is 18.9 Å². The van der Waals surface area contributed by atoms with Crippen LogP contribution in [0.1, 0.15) is 30.1 Å². The van der Waals surface area contributed by atoms with Crippen LogP contribution in [0.5, 0.6) is 0 Å². The highest BCUT2D eigenvalue weighted by Crippen LogP contribution is 2.31. The Bertz CT molecular complexity index is 1380. The van der Waals surface area contributed by atoms with Crippen LogP contribution >= 0.6 is 0 Å². The van der Waals surface area contributed by atoms with Gasteiger partial charge in [0, 0.05) is 37.1 Å². The van der Waals surface area contributed by atoms with Gasteiger partial charge in [0.05, 0.1) is 11.6 Å². The van der Waals surface area contributed by atoms with Crippen molar-refractivity contribution in [1.29, 1.82) is 0 Å². The Kier molecular flexibility index (Phi) is 6.10. The number of amides is 1. The fourth-order valence-corrected chi connectivity index (χ4v) is 4.51. The Balaban J connectivity index is 1.45. The Labute approximate surface area is 199 Å². The highest BCUT2D eigenvalue weighted by atomic mass is 19.2. The molecule has 1 saturated heterocycles. The fraction of sp³-hybridized carbons (Fsp3) is 0.280. The molecule has 0 radical (unpaired) electrons.